The molecule has 1 rings (SSSR count). The van der Waals surface area contributed by atoms with Gasteiger partial charge in [0.15, 0.2) is 0 Å². The lowest BCUT2D eigenvalue weighted by molar-refractivity contribution is -0.119. The van der Waals surface area contributed by atoms with E-state index in [0.29, 0.717) is 5.33 Å². The van der Waals surface area contributed by atoms with E-state index in [0.717, 1.165) is 19.6 Å². The van der Waals surface area contributed by atoms with E-state index in [1.807, 2.05) is 0 Å². The minimum atomic E-state index is 0.0196. The van der Waals surface area contributed by atoms with Crippen LogP contribution in [0.2, 0.25) is 0 Å². The van der Waals surface area contributed by atoms with E-state index in [9.17, 15) is 4.79 Å². The second-order valence-electron chi connectivity index (χ2n) is 2.41. The number of rotatable bonds is 2. The maximum atomic E-state index is 10.9. The smallest absolute Gasteiger partial charge is 0.231 e. The number of piperazine rings is 1. The summed E-state index contributed by atoms with van der Waals surface area (Å²) in [7, 11) is 0. The average molecular weight is 222 g/mol. The summed E-state index contributed by atoms with van der Waals surface area (Å²) in [5, 5.41) is 9.52. The quantitative estimate of drug-likeness (QED) is 0.526. The third-order valence-corrected chi connectivity index (χ3v) is 2.01. The van der Waals surface area contributed by atoms with E-state index in [-0.39, 0.29) is 12.1 Å². The summed E-state index contributed by atoms with van der Waals surface area (Å²) in [4.78, 5) is 10.9. The van der Waals surface area contributed by atoms with Gasteiger partial charge in [0.05, 0.1) is 11.5 Å². The van der Waals surface area contributed by atoms with E-state index in [4.69, 9.17) is 0 Å². The van der Waals surface area contributed by atoms with Gasteiger partial charge in [-0.2, -0.15) is 0 Å². The molecule has 0 aromatic rings. The molecule has 1 unspecified atom stereocenters. The Balaban J connectivity index is 2.19. The van der Waals surface area contributed by atoms with E-state index >= 15 is 0 Å². The van der Waals surface area contributed by atoms with Crippen molar-refractivity contribution in [2.24, 2.45) is 0 Å². The molecule has 0 aromatic heterocycles. The lowest BCUT2D eigenvalue weighted by atomic mass is 10.3. The van der Waals surface area contributed by atoms with Crippen molar-refractivity contribution in [1.29, 1.82) is 0 Å². The lowest BCUT2D eigenvalue weighted by Crippen LogP contribution is -2.57. The molecule has 1 amide bonds. The van der Waals surface area contributed by atoms with Crippen molar-refractivity contribution in [3.63, 3.8) is 0 Å². The predicted molar refractivity (Wildman–Crippen MR) is 46.6 cm³/mol. The minimum Gasteiger partial charge on any atom is -0.339 e. The Labute approximate surface area is 74.2 Å². The van der Waals surface area contributed by atoms with Gasteiger partial charge in [0.2, 0.25) is 5.91 Å². The Morgan fingerprint density at radius 2 is 2.45 bits per heavy atom. The summed E-state index contributed by atoms with van der Waals surface area (Å²) in [6, 6.07) is 0. The summed E-state index contributed by atoms with van der Waals surface area (Å²) in [6.07, 6.45) is 0.0915. The van der Waals surface area contributed by atoms with Crippen molar-refractivity contribution in [3.05, 3.63) is 0 Å². The highest BCUT2D eigenvalue weighted by Gasteiger charge is 2.12. The fourth-order valence-electron chi connectivity index (χ4n) is 0.988. The van der Waals surface area contributed by atoms with Crippen LogP contribution in [0.25, 0.3) is 0 Å². The molecule has 0 aromatic carbocycles. The molecule has 1 aliphatic heterocycles. The lowest BCUT2D eigenvalue weighted by Gasteiger charge is -2.24. The Morgan fingerprint density at radius 3 is 3.00 bits per heavy atom. The zero-order valence-corrected chi connectivity index (χ0v) is 7.78. The van der Waals surface area contributed by atoms with Crippen LogP contribution in [0.3, 0.4) is 0 Å². The Morgan fingerprint density at radius 1 is 1.64 bits per heavy atom. The van der Waals surface area contributed by atoms with Crippen molar-refractivity contribution < 1.29 is 4.79 Å². The van der Waals surface area contributed by atoms with Gasteiger partial charge in [-0.1, -0.05) is 15.9 Å². The third kappa shape index (κ3) is 3.18. The van der Waals surface area contributed by atoms with Crippen LogP contribution in [0.1, 0.15) is 0 Å². The van der Waals surface area contributed by atoms with Gasteiger partial charge in [0, 0.05) is 19.6 Å². The monoisotopic (exact) mass is 221 g/mol. The first kappa shape index (κ1) is 8.96. The van der Waals surface area contributed by atoms with Crippen molar-refractivity contribution in [2.45, 2.75) is 6.17 Å². The van der Waals surface area contributed by atoms with Crippen LogP contribution in [0.5, 0.6) is 0 Å². The first-order valence-corrected chi connectivity index (χ1v) is 4.74. The first-order valence-electron chi connectivity index (χ1n) is 3.62. The number of carbonyl (C=O) groups is 1. The molecule has 0 spiro atoms. The van der Waals surface area contributed by atoms with Gasteiger partial charge in [-0.25, -0.2) is 0 Å². The summed E-state index contributed by atoms with van der Waals surface area (Å²) in [6.45, 7) is 2.69. The largest absolute Gasteiger partial charge is 0.339 e. The van der Waals surface area contributed by atoms with Gasteiger partial charge in [-0.15, -0.1) is 0 Å². The van der Waals surface area contributed by atoms with Gasteiger partial charge < -0.3 is 10.6 Å². The van der Waals surface area contributed by atoms with Gasteiger partial charge >= 0.3 is 0 Å². The van der Waals surface area contributed by atoms with Crippen LogP contribution in [0, 0.1) is 0 Å². The molecule has 1 atom stereocenters. The highest BCUT2D eigenvalue weighted by atomic mass is 79.9. The topological polar surface area (TPSA) is 53.2 Å². The number of carbonyl (C=O) groups excluding carboxylic acids is 1. The molecular formula is C6H12BrN3O. The van der Waals surface area contributed by atoms with Crippen LogP contribution < -0.4 is 16.0 Å². The SMILES string of the molecule is O=C(CBr)NC1CNCCN1. The number of amides is 1. The summed E-state index contributed by atoms with van der Waals surface area (Å²) < 4.78 is 0. The number of nitrogens with one attached hydrogen (secondary N) is 3. The van der Waals surface area contributed by atoms with Crippen LogP contribution >= 0.6 is 15.9 Å². The number of halogens is 1. The first-order chi connectivity index (χ1) is 5.33. The Bertz CT molecular complexity index is 136. The molecule has 3 N–H and O–H groups in total. The van der Waals surface area contributed by atoms with Crippen molar-refractivity contribution in [2.75, 3.05) is 25.0 Å². The molecule has 1 saturated heterocycles. The molecule has 0 radical (unpaired) electrons. The molecule has 0 bridgehead atoms. The third-order valence-electron chi connectivity index (χ3n) is 1.50. The van der Waals surface area contributed by atoms with Gasteiger partial charge in [-0.3, -0.25) is 10.1 Å². The molecule has 1 fully saturated rings. The maximum Gasteiger partial charge on any atom is 0.231 e. The summed E-state index contributed by atoms with van der Waals surface area (Å²) >= 11 is 3.08. The van der Waals surface area contributed by atoms with Crippen LogP contribution in [-0.4, -0.2) is 37.0 Å². The van der Waals surface area contributed by atoms with E-state index in [1.54, 1.807) is 0 Å². The predicted octanol–water partition coefficient (Wildman–Crippen LogP) is -0.984. The van der Waals surface area contributed by atoms with Crippen LogP contribution in [-0.2, 0) is 4.79 Å². The fraction of sp³-hybridized carbons (Fsp3) is 0.833. The maximum absolute atomic E-state index is 10.9. The normalized spacial score (nSPS) is 24.6. The summed E-state index contributed by atoms with van der Waals surface area (Å²) in [5.41, 5.74) is 0. The second kappa shape index (κ2) is 4.69. The zero-order chi connectivity index (χ0) is 8.10. The number of alkyl halides is 1. The van der Waals surface area contributed by atoms with Gasteiger partial charge in [-0.05, 0) is 0 Å². The van der Waals surface area contributed by atoms with E-state index in [2.05, 4.69) is 31.9 Å². The summed E-state index contributed by atoms with van der Waals surface area (Å²) in [5.74, 6) is 0.0196. The molecule has 1 heterocycles. The Hall–Kier alpha value is -0.130. The van der Waals surface area contributed by atoms with Gasteiger partial charge in [0.25, 0.3) is 0 Å². The van der Waals surface area contributed by atoms with Crippen LogP contribution in [0.15, 0.2) is 0 Å². The average Bonchev–Trinajstić information content (AvgIpc) is 2.06. The Kier molecular flexibility index (Phi) is 3.82. The van der Waals surface area contributed by atoms with Crippen molar-refractivity contribution in [1.82, 2.24) is 16.0 Å². The molecular weight excluding hydrogens is 210 g/mol. The van der Waals surface area contributed by atoms with Crippen LogP contribution in [0.4, 0.5) is 0 Å². The fourth-order valence-corrected chi connectivity index (χ4v) is 1.15. The van der Waals surface area contributed by atoms with Crippen molar-refractivity contribution >= 4 is 21.8 Å². The molecule has 1 aliphatic rings. The molecule has 4 nitrogen and oxygen atoms in total. The standard InChI is InChI=1S/C6H12BrN3O/c7-3-6(11)10-5-4-8-1-2-9-5/h5,8-9H,1-4H2,(H,10,11). The number of hydrogen-bond donors (Lipinski definition) is 3. The molecule has 0 saturated carbocycles. The molecule has 11 heavy (non-hydrogen) atoms. The van der Waals surface area contributed by atoms with Crippen molar-refractivity contribution in [3.8, 4) is 0 Å². The van der Waals surface area contributed by atoms with Gasteiger partial charge in [0.1, 0.15) is 0 Å². The second-order valence-corrected chi connectivity index (χ2v) is 2.97. The highest BCUT2D eigenvalue weighted by molar-refractivity contribution is 9.09. The minimum absolute atomic E-state index is 0.0196. The van der Waals surface area contributed by atoms with E-state index < -0.39 is 0 Å². The molecule has 5 heteroatoms. The molecule has 0 aliphatic carbocycles. The molecule has 64 valence electrons. The highest BCUT2D eigenvalue weighted by Crippen LogP contribution is 1.84. The number of hydrogen-bond acceptors (Lipinski definition) is 3. The van der Waals surface area contributed by atoms with E-state index in [1.165, 1.54) is 0 Å². The zero-order valence-electron chi connectivity index (χ0n) is 6.19.